The largest absolute Gasteiger partial charge is 0.490 e. The maximum absolute atomic E-state index is 5.75. The number of ether oxygens (including phenoxy) is 2. The third-order valence-electron chi connectivity index (χ3n) is 3.95. The van der Waals surface area contributed by atoms with Crippen LogP contribution in [0.4, 0.5) is 0 Å². The second-order valence-corrected chi connectivity index (χ2v) is 6.98. The number of benzene rings is 2. The van der Waals surface area contributed by atoms with Gasteiger partial charge >= 0.3 is 0 Å². The maximum atomic E-state index is 5.75. The standard InChI is InChI=1S/C13H20O2.C10H14ClN/c1-4-7-11-8-9-12(14-5-2)13(10-11)15-6-3;1-8(12)2-3-9-4-6-10(11)7-5-9/h8-10H,4-7H2,1-3H3;4-8H,2-3,12H2,1H3. The van der Waals surface area contributed by atoms with Crippen molar-refractivity contribution in [2.75, 3.05) is 13.2 Å². The Hall–Kier alpha value is -1.71. The summed E-state index contributed by atoms with van der Waals surface area (Å²) in [7, 11) is 0. The number of hydrogen-bond acceptors (Lipinski definition) is 3. The Morgan fingerprint density at radius 2 is 1.44 bits per heavy atom. The van der Waals surface area contributed by atoms with Crippen LogP contribution in [-0.4, -0.2) is 19.3 Å². The quantitative estimate of drug-likeness (QED) is 0.565. The van der Waals surface area contributed by atoms with Gasteiger partial charge in [0.25, 0.3) is 0 Å². The Morgan fingerprint density at radius 3 is 2.00 bits per heavy atom. The number of halogens is 1. The molecule has 1 unspecified atom stereocenters. The SMILES string of the molecule is CC(N)CCc1ccc(Cl)cc1.CCCc1ccc(OCC)c(OCC)c1. The molecule has 2 N–H and O–H groups in total. The molecule has 0 heterocycles. The van der Waals surface area contributed by atoms with Crippen molar-refractivity contribution in [1.29, 1.82) is 0 Å². The first kappa shape index (κ1) is 23.3. The highest BCUT2D eigenvalue weighted by Gasteiger charge is 2.05. The summed E-state index contributed by atoms with van der Waals surface area (Å²) in [5.74, 6) is 1.71. The molecule has 4 heteroatoms. The van der Waals surface area contributed by atoms with Gasteiger partial charge in [-0.15, -0.1) is 0 Å². The highest BCUT2D eigenvalue weighted by Crippen LogP contribution is 2.28. The van der Waals surface area contributed by atoms with Crippen LogP contribution in [0.5, 0.6) is 11.5 Å². The predicted octanol–water partition coefficient (Wildman–Crippen LogP) is 6.06. The van der Waals surface area contributed by atoms with E-state index in [1.807, 2.05) is 51.1 Å². The smallest absolute Gasteiger partial charge is 0.161 e. The van der Waals surface area contributed by atoms with Crippen LogP contribution < -0.4 is 15.2 Å². The van der Waals surface area contributed by atoms with Crippen molar-refractivity contribution < 1.29 is 9.47 Å². The highest BCUT2D eigenvalue weighted by molar-refractivity contribution is 6.30. The molecule has 0 radical (unpaired) electrons. The molecule has 0 bridgehead atoms. The summed E-state index contributed by atoms with van der Waals surface area (Å²) in [4.78, 5) is 0. The van der Waals surface area contributed by atoms with Gasteiger partial charge in [0, 0.05) is 11.1 Å². The van der Waals surface area contributed by atoms with Gasteiger partial charge in [-0.3, -0.25) is 0 Å². The minimum Gasteiger partial charge on any atom is -0.490 e. The zero-order valence-electron chi connectivity index (χ0n) is 17.1. The average Bonchev–Trinajstić information content (AvgIpc) is 2.64. The lowest BCUT2D eigenvalue weighted by molar-refractivity contribution is 0.287. The van der Waals surface area contributed by atoms with Crippen LogP contribution in [0.1, 0.15) is 51.7 Å². The van der Waals surface area contributed by atoms with Gasteiger partial charge in [-0.2, -0.15) is 0 Å². The summed E-state index contributed by atoms with van der Waals surface area (Å²) < 4.78 is 11.0. The van der Waals surface area contributed by atoms with Gasteiger partial charge in [0.1, 0.15) is 0 Å². The second kappa shape index (κ2) is 13.5. The van der Waals surface area contributed by atoms with E-state index < -0.39 is 0 Å². The fourth-order valence-corrected chi connectivity index (χ4v) is 2.71. The van der Waals surface area contributed by atoms with Crippen LogP contribution in [0.15, 0.2) is 42.5 Å². The molecule has 3 nitrogen and oxygen atoms in total. The van der Waals surface area contributed by atoms with E-state index in [1.165, 1.54) is 11.1 Å². The number of aryl methyl sites for hydroxylation is 2. The Bertz CT molecular complexity index is 641. The summed E-state index contributed by atoms with van der Waals surface area (Å²) in [6.07, 6.45) is 4.31. The normalized spacial score (nSPS) is 11.3. The van der Waals surface area contributed by atoms with Crippen LogP contribution in [0.25, 0.3) is 0 Å². The van der Waals surface area contributed by atoms with E-state index in [4.69, 9.17) is 26.8 Å². The van der Waals surface area contributed by atoms with Crippen molar-refractivity contribution in [3.63, 3.8) is 0 Å². The van der Waals surface area contributed by atoms with Crippen molar-refractivity contribution in [2.24, 2.45) is 5.73 Å². The molecule has 2 aromatic rings. The number of nitrogens with two attached hydrogens (primary N) is 1. The maximum Gasteiger partial charge on any atom is 0.161 e. The van der Waals surface area contributed by atoms with Gasteiger partial charge < -0.3 is 15.2 Å². The lowest BCUT2D eigenvalue weighted by Gasteiger charge is -2.12. The molecule has 0 amide bonds. The summed E-state index contributed by atoms with van der Waals surface area (Å²) in [6.45, 7) is 9.52. The molecule has 0 aliphatic heterocycles. The van der Waals surface area contributed by atoms with E-state index in [0.29, 0.717) is 13.2 Å². The molecule has 0 fully saturated rings. The summed E-state index contributed by atoms with van der Waals surface area (Å²) in [5, 5.41) is 0.791. The average molecular weight is 392 g/mol. The van der Waals surface area contributed by atoms with E-state index in [2.05, 4.69) is 19.1 Å². The van der Waals surface area contributed by atoms with Gasteiger partial charge in [0.05, 0.1) is 13.2 Å². The first-order chi connectivity index (χ1) is 13.0. The lowest BCUT2D eigenvalue weighted by Crippen LogP contribution is -2.15. The minimum absolute atomic E-state index is 0.278. The Labute approximate surface area is 169 Å². The zero-order chi connectivity index (χ0) is 20.1. The zero-order valence-corrected chi connectivity index (χ0v) is 17.9. The van der Waals surface area contributed by atoms with Crippen molar-refractivity contribution in [3.05, 3.63) is 58.6 Å². The summed E-state index contributed by atoms with van der Waals surface area (Å²) in [6, 6.07) is 14.4. The molecule has 0 aliphatic carbocycles. The molecule has 0 aliphatic rings. The first-order valence-corrected chi connectivity index (χ1v) is 10.3. The molecule has 2 rings (SSSR count). The fraction of sp³-hybridized carbons (Fsp3) is 0.478. The Morgan fingerprint density at radius 1 is 0.852 bits per heavy atom. The molecular weight excluding hydrogens is 358 g/mol. The van der Waals surface area contributed by atoms with Gasteiger partial charge in [-0.1, -0.05) is 43.1 Å². The number of rotatable bonds is 9. The monoisotopic (exact) mass is 391 g/mol. The van der Waals surface area contributed by atoms with Crippen LogP contribution in [0.2, 0.25) is 5.02 Å². The third kappa shape index (κ3) is 9.69. The third-order valence-corrected chi connectivity index (χ3v) is 4.20. The van der Waals surface area contributed by atoms with E-state index in [-0.39, 0.29) is 6.04 Å². The van der Waals surface area contributed by atoms with Crippen LogP contribution in [0, 0.1) is 0 Å². The molecule has 0 spiro atoms. The van der Waals surface area contributed by atoms with Crippen molar-refractivity contribution >= 4 is 11.6 Å². The van der Waals surface area contributed by atoms with E-state index in [9.17, 15) is 0 Å². The molecule has 0 saturated heterocycles. The van der Waals surface area contributed by atoms with Crippen molar-refractivity contribution in [2.45, 2.75) is 59.4 Å². The van der Waals surface area contributed by atoms with Crippen LogP contribution in [-0.2, 0) is 12.8 Å². The predicted molar refractivity (Wildman–Crippen MR) is 116 cm³/mol. The van der Waals surface area contributed by atoms with E-state index >= 15 is 0 Å². The molecule has 150 valence electrons. The first-order valence-electron chi connectivity index (χ1n) is 9.88. The Kier molecular flexibility index (Phi) is 11.6. The van der Waals surface area contributed by atoms with Crippen LogP contribution in [0.3, 0.4) is 0 Å². The fourth-order valence-electron chi connectivity index (χ4n) is 2.59. The van der Waals surface area contributed by atoms with Gasteiger partial charge in [0.15, 0.2) is 11.5 Å². The molecule has 2 aromatic carbocycles. The summed E-state index contributed by atoms with van der Waals surface area (Å²) in [5.41, 5.74) is 8.26. The lowest BCUT2D eigenvalue weighted by atomic mass is 10.1. The van der Waals surface area contributed by atoms with Gasteiger partial charge in [-0.25, -0.2) is 0 Å². The highest BCUT2D eigenvalue weighted by atomic mass is 35.5. The molecule has 0 aromatic heterocycles. The molecule has 27 heavy (non-hydrogen) atoms. The van der Waals surface area contributed by atoms with E-state index in [1.54, 1.807) is 0 Å². The van der Waals surface area contributed by atoms with Crippen molar-refractivity contribution in [1.82, 2.24) is 0 Å². The van der Waals surface area contributed by atoms with E-state index in [0.717, 1.165) is 42.2 Å². The molecule has 0 saturated carbocycles. The molecular formula is C23H34ClNO2. The molecule has 1 atom stereocenters. The topological polar surface area (TPSA) is 44.5 Å². The van der Waals surface area contributed by atoms with Crippen LogP contribution >= 0.6 is 11.6 Å². The second-order valence-electron chi connectivity index (χ2n) is 6.54. The van der Waals surface area contributed by atoms with Gasteiger partial charge in [0.2, 0.25) is 0 Å². The summed E-state index contributed by atoms with van der Waals surface area (Å²) >= 11 is 5.75. The van der Waals surface area contributed by atoms with Gasteiger partial charge in [-0.05, 0) is 75.4 Å². The number of hydrogen-bond donors (Lipinski definition) is 1. The minimum atomic E-state index is 0.278. The van der Waals surface area contributed by atoms with Crippen molar-refractivity contribution in [3.8, 4) is 11.5 Å². The Balaban J connectivity index is 0.000000277.